The van der Waals surface area contributed by atoms with Gasteiger partial charge in [0.1, 0.15) is 36.6 Å². The number of hydrogen-bond acceptors (Lipinski definition) is 23. The van der Waals surface area contributed by atoms with Gasteiger partial charge in [-0.3, -0.25) is 18.1 Å². The molecule has 2 aliphatic heterocycles. The highest BCUT2D eigenvalue weighted by atomic mass is 31.3. The van der Waals surface area contributed by atoms with Crippen LogP contribution in [-0.4, -0.2) is 131 Å². The van der Waals surface area contributed by atoms with Gasteiger partial charge in [-0.15, -0.1) is 0 Å². The van der Waals surface area contributed by atoms with Crippen LogP contribution in [0.2, 0.25) is 0 Å². The third kappa shape index (κ3) is 9.03. The molecule has 0 saturated carbocycles. The van der Waals surface area contributed by atoms with Crippen LogP contribution in [0.5, 0.6) is 11.8 Å². The predicted molar refractivity (Wildman–Crippen MR) is 181 cm³/mol. The van der Waals surface area contributed by atoms with Crippen LogP contribution in [0.1, 0.15) is 12.5 Å². The van der Waals surface area contributed by atoms with Gasteiger partial charge >= 0.3 is 31.3 Å². The Kier molecular flexibility index (Phi) is 12.1. The van der Waals surface area contributed by atoms with E-state index in [1.54, 1.807) is 0 Å². The minimum atomic E-state index is -6.11. The highest BCUT2D eigenvalue weighted by molar-refractivity contribution is 7.66. The summed E-state index contributed by atoms with van der Waals surface area (Å²) in [6.45, 7) is -2.35. The number of phosphoric ester groups is 3. The number of nitrogen functional groups attached to an aromatic ring is 2. The lowest BCUT2D eigenvalue weighted by molar-refractivity contribution is -0.646. The van der Waals surface area contributed by atoms with Crippen LogP contribution in [0.25, 0.3) is 22.3 Å². The minimum Gasteiger partial charge on any atom is -0.490 e. The summed E-state index contributed by atoms with van der Waals surface area (Å²) in [5, 5.41) is 52.8. The first kappa shape index (κ1) is 44.2. The van der Waals surface area contributed by atoms with Gasteiger partial charge in [0.25, 0.3) is 34.1 Å². The van der Waals surface area contributed by atoms with Crippen molar-refractivity contribution in [3.63, 3.8) is 0 Å². The maximum Gasteiger partial charge on any atom is 0.490 e. The molecule has 58 heavy (non-hydrogen) atoms. The van der Waals surface area contributed by atoms with Gasteiger partial charge in [0.15, 0.2) is 0 Å². The summed E-state index contributed by atoms with van der Waals surface area (Å²) >= 11 is 0. The maximum atomic E-state index is 12.8. The zero-order valence-electron chi connectivity index (χ0n) is 29.6. The molecule has 0 spiro atoms. The Hall–Kier alpha value is -3.38. The van der Waals surface area contributed by atoms with Crippen LogP contribution >= 0.6 is 31.3 Å². The first-order chi connectivity index (χ1) is 26.8. The van der Waals surface area contributed by atoms with E-state index in [1.165, 1.54) is 35.9 Å². The van der Waals surface area contributed by atoms with Crippen LogP contribution in [-0.2, 0) is 68.5 Å². The second-order valence-electron chi connectivity index (χ2n) is 12.4. The molecule has 31 nitrogen and oxygen atoms in total. The molecule has 6 heterocycles. The molecule has 0 aromatic carbocycles. The van der Waals surface area contributed by atoms with Gasteiger partial charge in [0, 0.05) is 7.11 Å². The predicted octanol–water partition coefficient (Wildman–Crippen LogP) is -3.52. The van der Waals surface area contributed by atoms with Gasteiger partial charge in [0.05, 0.1) is 27.3 Å². The first-order valence-electron chi connectivity index (χ1n) is 15.9. The van der Waals surface area contributed by atoms with Crippen LogP contribution < -0.4 is 20.6 Å². The fourth-order valence-corrected chi connectivity index (χ4v) is 10.2. The van der Waals surface area contributed by atoms with Crippen molar-refractivity contribution in [1.29, 1.82) is 0 Å². The summed E-state index contributed by atoms with van der Waals surface area (Å²) < 4.78 is 93.3. The van der Waals surface area contributed by atoms with Crippen LogP contribution in [0.3, 0.4) is 0 Å². The minimum absolute atomic E-state index is 0.0129. The lowest BCUT2D eigenvalue weighted by Gasteiger charge is -2.23. The molecule has 322 valence electrons. The molecule has 0 aliphatic carbocycles. The second-order valence-corrected chi connectivity index (χ2v) is 18.6. The van der Waals surface area contributed by atoms with E-state index in [9.17, 15) is 63.4 Å². The number of anilines is 2. The fraction of sp³-hybridized carbons (Fsp3) is 0.565. The number of aliphatic hydroxyl groups is 3. The van der Waals surface area contributed by atoms with E-state index in [-0.39, 0.29) is 28.3 Å². The Morgan fingerprint density at radius 2 is 1.12 bits per heavy atom. The molecule has 2 saturated heterocycles. The summed E-state index contributed by atoms with van der Waals surface area (Å²) in [7, 11) is -19.0. The largest absolute Gasteiger partial charge is 0.490 e. The summed E-state index contributed by atoms with van der Waals surface area (Å²) in [6.07, 6.45) is -11.5. The third-order valence-corrected chi connectivity index (χ3v) is 13.6. The van der Waals surface area contributed by atoms with Crippen molar-refractivity contribution in [3.05, 3.63) is 12.7 Å². The molecule has 35 heteroatoms. The summed E-state index contributed by atoms with van der Waals surface area (Å²) in [4.78, 5) is 55.7. The molecule has 0 radical (unpaired) electrons. The lowest BCUT2D eigenvalue weighted by atomic mass is 10.1. The summed E-state index contributed by atoms with van der Waals surface area (Å²) in [6, 6.07) is 0. The van der Waals surface area contributed by atoms with Crippen LogP contribution in [0.4, 0.5) is 11.9 Å². The zero-order valence-corrected chi connectivity index (χ0v) is 33.2. The van der Waals surface area contributed by atoms with Crippen LogP contribution in [0, 0.1) is 0 Å². The van der Waals surface area contributed by atoms with E-state index in [2.05, 4.69) is 37.6 Å². The van der Waals surface area contributed by atoms with Crippen molar-refractivity contribution in [1.82, 2.24) is 29.1 Å². The van der Waals surface area contributed by atoms with Crippen molar-refractivity contribution in [2.75, 3.05) is 31.8 Å². The molecule has 6 rings (SSSR count). The number of rotatable bonds is 15. The van der Waals surface area contributed by atoms with E-state index >= 15 is 0 Å². The average Bonchev–Trinajstić information content (AvgIpc) is 3.78. The lowest BCUT2D eigenvalue weighted by Crippen LogP contribution is -2.36. The number of aryl methyl sites for hydroxylation is 2. The molecule has 12 atom stereocenters. The quantitative estimate of drug-likeness (QED) is 0.0407. The molecule has 13 N–H and O–H groups in total. The van der Waals surface area contributed by atoms with Gasteiger partial charge in [0.2, 0.25) is 37.0 Å². The molecule has 2 aliphatic rings. The van der Waals surface area contributed by atoms with E-state index in [1.807, 2.05) is 0 Å². The number of nitrogens with two attached hydrogens (primary N) is 2. The number of phosphoric acid groups is 4. The van der Waals surface area contributed by atoms with Gasteiger partial charge in [-0.05, 0) is 0 Å². The number of imidazole rings is 2. The number of aromatic nitrogens is 8. The van der Waals surface area contributed by atoms with Gasteiger partial charge in [-0.1, -0.05) is 0 Å². The van der Waals surface area contributed by atoms with E-state index < -0.39 is 111 Å². The fourth-order valence-electron chi connectivity index (χ4n) is 6.02. The Bertz CT molecular complexity index is 2420. The molecule has 0 bridgehead atoms. The Morgan fingerprint density at radius 3 is 1.59 bits per heavy atom. The van der Waals surface area contributed by atoms with E-state index in [0.29, 0.717) is 0 Å². The molecular formula is C23H36N10O21P4+2. The summed E-state index contributed by atoms with van der Waals surface area (Å²) in [5.41, 5.74) is 11.1. The van der Waals surface area contributed by atoms with Crippen molar-refractivity contribution in [2.24, 2.45) is 14.1 Å². The zero-order chi connectivity index (χ0) is 42.9. The third-order valence-electron chi connectivity index (χ3n) is 8.42. The van der Waals surface area contributed by atoms with Crippen molar-refractivity contribution >= 4 is 65.5 Å². The Morgan fingerprint density at radius 1 is 0.690 bits per heavy atom. The molecule has 4 aromatic rings. The number of aromatic hydroxyl groups is 2. The smallest absolute Gasteiger partial charge is 0.490 e. The van der Waals surface area contributed by atoms with Crippen molar-refractivity contribution < 1.29 is 109 Å². The second kappa shape index (κ2) is 15.9. The molecule has 4 aromatic heterocycles. The van der Waals surface area contributed by atoms with Crippen molar-refractivity contribution in [3.8, 4) is 11.8 Å². The highest BCUT2D eigenvalue weighted by Gasteiger charge is 2.54. The topological polar surface area (TPSA) is 445 Å². The Labute approximate surface area is 322 Å². The van der Waals surface area contributed by atoms with Gasteiger partial charge in [-0.25, -0.2) is 27.4 Å². The number of aliphatic hydroxyl groups excluding tert-OH is 3. The number of ether oxygens (including phenoxy) is 2. The SMILES string of the molecule is COP(=O)(O)OC1[C@@H](COP(=O)(O)OP(=O)(O)OP(=O)(O)OC[C@H]2O[C@@H](n3c[n+](C)c4c(O)nc(N)nc43)C(O)C2O)O[C@@H](n2c[n+](C)c3c(O)nc(N)nc32)[C@H]1O. The molecule has 7 unspecified atom stereocenters. The Balaban J connectivity index is 1.10. The highest BCUT2D eigenvalue weighted by Crippen LogP contribution is 2.68. The maximum absolute atomic E-state index is 12.8. The number of nitrogens with zero attached hydrogens (tertiary/aromatic N) is 8. The van der Waals surface area contributed by atoms with E-state index in [4.69, 9.17) is 30.0 Å². The van der Waals surface area contributed by atoms with E-state index in [0.717, 1.165) is 16.2 Å². The van der Waals surface area contributed by atoms with Crippen molar-refractivity contribution in [2.45, 2.75) is 49.1 Å². The molecular weight excluding hydrogens is 876 g/mol. The first-order valence-corrected chi connectivity index (χ1v) is 21.9. The molecule has 0 amide bonds. The number of fused-ring (bicyclic) bond motifs is 2. The molecule has 2 fully saturated rings. The normalized spacial score (nSPS) is 29.3. The average molecular weight is 912 g/mol. The van der Waals surface area contributed by atoms with Gasteiger partial charge in [-0.2, -0.15) is 37.7 Å². The standard InChI is InChI=1S/C23H34N10O21P4/c1-30-6-32(16-10(30)18(37)28-22(24)26-16)20-13(35)12(34)8(50-20)4-48-56(41,42)53-58(45,46)54-57(43,44)49-5-9-15(52-55(39,40)47-3)14(36)21(51-9)33-7-31(2)11-17(33)27-23(25)29-19(11)38/h6-9,12-15,20-21,34-36H,4-5H2,1-3H3,(H8-2,24,25,26,27,28,29,37,38,39,40,41,42,43,44,45,46)/p+2/t8-,9-,12?,13?,14+,15?,20-,21-/m1/s1. The summed E-state index contributed by atoms with van der Waals surface area (Å²) in [5.74, 6) is -1.87. The van der Waals surface area contributed by atoms with Crippen LogP contribution in [0.15, 0.2) is 12.7 Å². The monoisotopic (exact) mass is 912 g/mol. The van der Waals surface area contributed by atoms with Gasteiger partial charge < -0.3 is 66.0 Å². The number of hydrogen-bond donors (Lipinski definition) is 11.